The van der Waals surface area contributed by atoms with Crippen LogP contribution in [-0.2, 0) is 4.79 Å². The number of carboxylic acid groups (broad SMARTS) is 1. The molecule has 1 atom stereocenters. The van der Waals surface area contributed by atoms with E-state index in [0.29, 0.717) is 11.2 Å². The zero-order chi connectivity index (χ0) is 22.0. The third-order valence-corrected chi connectivity index (χ3v) is 5.52. The van der Waals surface area contributed by atoms with E-state index in [1.807, 2.05) is 0 Å². The van der Waals surface area contributed by atoms with Crippen LogP contribution in [-0.4, -0.2) is 39.7 Å². The van der Waals surface area contributed by atoms with Crippen LogP contribution in [0.3, 0.4) is 0 Å². The fraction of sp³-hybridized carbons (Fsp3) is 0.312. The van der Waals surface area contributed by atoms with E-state index < -0.39 is 33.1 Å². The maximum atomic E-state index is 12.2. The number of nitrogens with two attached hydrogens (primary N) is 1. The highest BCUT2D eigenvalue weighted by Crippen LogP contribution is 3.02. The Hall–Kier alpha value is -2.02. The van der Waals surface area contributed by atoms with Crippen molar-refractivity contribution in [1.82, 2.24) is 15.3 Å². The summed E-state index contributed by atoms with van der Waals surface area (Å²) < 4.78 is 61.2. The van der Waals surface area contributed by atoms with Gasteiger partial charge in [-0.15, -0.1) is 0 Å². The average Bonchev–Trinajstić information content (AvgIpc) is 2.62. The van der Waals surface area contributed by atoms with Crippen LogP contribution in [0.15, 0.2) is 41.6 Å². The van der Waals surface area contributed by atoms with Gasteiger partial charge in [-0.2, -0.15) is 0 Å². The lowest BCUT2D eigenvalue weighted by molar-refractivity contribution is -0.141. The standard InChI is InChI=1S/C9H10ClN3.C7H8F5NO2S/c10-9-8(12-5-6-13-9)7-1-3-11-4-2-7;8-16(9,10,11,12)5-1-3-7(13,4-2-5)6(14)15/h1,5-6,11H,2-4H2;1-3H,4,13H2,(H,14,15). The molecular formula is C16H18ClF5N4O2S. The first-order valence-electron chi connectivity index (χ1n) is 8.15. The van der Waals surface area contributed by atoms with Crippen molar-refractivity contribution < 1.29 is 29.3 Å². The van der Waals surface area contributed by atoms with Gasteiger partial charge in [0.05, 0.1) is 0 Å². The molecule has 2 aliphatic rings. The van der Waals surface area contributed by atoms with Crippen LogP contribution in [0.4, 0.5) is 19.4 Å². The second kappa shape index (κ2) is 7.35. The zero-order valence-corrected chi connectivity index (χ0v) is 16.4. The van der Waals surface area contributed by atoms with Gasteiger partial charge in [0, 0.05) is 18.9 Å². The fourth-order valence-corrected chi connectivity index (χ4v) is 3.41. The quantitative estimate of drug-likeness (QED) is 0.577. The molecule has 0 spiro atoms. The number of hydrogen-bond donors (Lipinski definition) is 3. The Morgan fingerprint density at radius 3 is 2.31 bits per heavy atom. The van der Waals surface area contributed by atoms with Gasteiger partial charge in [0.2, 0.25) is 0 Å². The third-order valence-electron chi connectivity index (χ3n) is 4.05. The molecule has 162 valence electrons. The number of hydrogen-bond acceptors (Lipinski definition) is 5. The molecule has 3 rings (SSSR count). The number of nitrogens with one attached hydrogen (secondary N) is 1. The summed E-state index contributed by atoms with van der Waals surface area (Å²) in [6, 6.07) is 0. The van der Waals surface area contributed by atoms with E-state index in [-0.39, 0.29) is 12.2 Å². The smallest absolute Gasteiger partial charge is 0.328 e. The lowest BCUT2D eigenvalue weighted by Crippen LogP contribution is -2.46. The summed E-state index contributed by atoms with van der Waals surface area (Å²) in [5.74, 6) is -1.58. The van der Waals surface area contributed by atoms with E-state index in [9.17, 15) is 24.2 Å². The number of aromatic nitrogens is 2. The Bertz CT molecular complexity index is 905. The van der Waals surface area contributed by atoms with E-state index in [1.165, 1.54) is 5.57 Å². The van der Waals surface area contributed by atoms with Crippen LogP contribution in [0.2, 0.25) is 5.15 Å². The molecule has 0 bridgehead atoms. The minimum atomic E-state index is -9.73. The predicted octanol–water partition coefficient (Wildman–Crippen LogP) is 4.42. The lowest BCUT2D eigenvalue weighted by atomic mass is 9.93. The highest BCUT2D eigenvalue weighted by Gasteiger charge is 2.66. The number of rotatable bonds is 3. The molecule has 1 aromatic heterocycles. The molecule has 1 aromatic rings. The summed E-state index contributed by atoms with van der Waals surface area (Å²) in [4.78, 5) is 16.6. The number of aliphatic carboxylic acids is 1. The van der Waals surface area contributed by atoms with Crippen molar-refractivity contribution in [2.24, 2.45) is 5.73 Å². The summed E-state index contributed by atoms with van der Waals surface area (Å²) in [5, 5.41) is 12.3. The van der Waals surface area contributed by atoms with Crippen molar-refractivity contribution in [3.8, 4) is 0 Å². The normalized spacial score (nSPS) is 24.2. The Balaban J connectivity index is 0.000000211. The van der Waals surface area contributed by atoms with Gasteiger partial charge in [0.15, 0.2) is 5.15 Å². The van der Waals surface area contributed by atoms with Gasteiger partial charge in [-0.1, -0.05) is 49.3 Å². The van der Waals surface area contributed by atoms with Crippen molar-refractivity contribution in [2.45, 2.75) is 18.4 Å². The van der Waals surface area contributed by atoms with E-state index in [1.54, 1.807) is 12.4 Å². The van der Waals surface area contributed by atoms with Crippen LogP contribution in [0.5, 0.6) is 0 Å². The summed E-state index contributed by atoms with van der Waals surface area (Å²) in [6.45, 7) is 1.88. The Kier molecular flexibility index (Phi) is 5.89. The first kappa shape index (κ1) is 23.3. The van der Waals surface area contributed by atoms with E-state index >= 15 is 0 Å². The van der Waals surface area contributed by atoms with Crippen LogP contribution in [0, 0.1) is 0 Å². The maximum absolute atomic E-state index is 12.2. The van der Waals surface area contributed by atoms with Crippen molar-refractivity contribution >= 4 is 33.4 Å². The largest absolute Gasteiger partial charge is 0.480 e. The monoisotopic (exact) mass is 460 g/mol. The number of allylic oxidation sites excluding steroid dienone is 1. The second-order valence-corrected chi connectivity index (χ2v) is 9.11. The Morgan fingerprint density at radius 2 is 1.86 bits per heavy atom. The summed E-state index contributed by atoms with van der Waals surface area (Å²) >= 11 is 5.92. The van der Waals surface area contributed by atoms with Crippen molar-refractivity contribution in [3.63, 3.8) is 0 Å². The lowest BCUT2D eigenvalue weighted by Gasteiger charge is -2.42. The number of carbonyl (C=O) groups is 1. The van der Waals surface area contributed by atoms with E-state index in [2.05, 4.69) is 21.4 Å². The maximum Gasteiger partial charge on any atom is 0.328 e. The van der Waals surface area contributed by atoms with Gasteiger partial charge in [0.1, 0.15) is 16.1 Å². The van der Waals surface area contributed by atoms with Gasteiger partial charge < -0.3 is 16.2 Å². The molecule has 0 saturated heterocycles. The zero-order valence-electron chi connectivity index (χ0n) is 14.8. The fourth-order valence-electron chi connectivity index (χ4n) is 2.46. The van der Waals surface area contributed by atoms with Crippen LogP contribution in [0.25, 0.3) is 5.57 Å². The molecule has 6 nitrogen and oxygen atoms in total. The molecule has 0 saturated carbocycles. The Morgan fingerprint density at radius 1 is 1.21 bits per heavy atom. The SMILES string of the molecule is Clc1nccnc1C1=CCNCC1.NC1(C(=O)O)C=CC(S(F)(F)(F)(F)F)=CC1. The molecular weight excluding hydrogens is 443 g/mol. The van der Waals surface area contributed by atoms with E-state index in [0.717, 1.165) is 25.2 Å². The highest BCUT2D eigenvalue weighted by molar-refractivity contribution is 8.48. The van der Waals surface area contributed by atoms with Crippen molar-refractivity contribution in [1.29, 1.82) is 0 Å². The second-order valence-electron chi connectivity index (χ2n) is 6.34. The minimum Gasteiger partial charge on any atom is -0.480 e. The average molecular weight is 461 g/mol. The molecule has 1 unspecified atom stereocenters. The minimum absolute atomic E-state index is 0.0131. The molecule has 4 N–H and O–H groups in total. The van der Waals surface area contributed by atoms with Crippen LogP contribution >= 0.6 is 21.8 Å². The summed E-state index contributed by atoms with van der Waals surface area (Å²) in [5.41, 5.74) is 5.12. The molecule has 1 aliphatic carbocycles. The highest BCUT2D eigenvalue weighted by atomic mass is 35.5. The first-order valence-corrected chi connectivity index (χ1v) is 10.5. The van der Waals surface area contributed by atoms with Gasteiger partial charge in [-0.3, -0.25) is 4.98 Å². The van der Waals surface area contributed by atoms with Crippen molar-refractivity contribution in [2.75, 3.05) is 13.1 Å². The third kappa shape index (κ3) is 6.23. The molecule has 0 amide bonds. The molecule has 0 fully saturated rings. The predicted molar refractivity (Wildman–Crippen MR) is 102 cm³/mol. The van der Waals surface area contributed by atoms with Gasteiger partial charge in [-0.05, 0) is 31.0 Å². The number of halogens is 6. The van der Waals surface area contributed by atoms with Crippen LogP contribution < -0.4 is 11.1 Å². The summed E-state index contributed by atoms with van der Waals surface area (Å²) in [7, 11) is -9.73. The molecule has 1 aliphatic heterocycles. The first-order chi connectivity index (χ1) is 13.1. The van der Waals surface area contributed by atoms with Crippen molar-refractivity contribution in [3.05, 3.63) is 52.4 Å². The molecule has 2 heterocycles. The molecule has 0 radical (unpaired) electrons. The van der Waals surface area contributed by atoms with Gasteiger partial charge in [-0.25, -0.2) is 9.78 Å². The topological polar surface area (TPSA) is 101 Å². The number of nitrogens with zero attached hydrogens (tertiary/aromatic N) is 2. The Labute approximate surface area is 168 Å². The van der Waals surface area contributed by atoms with Gasteiger partial charge >= 0.3 is 16.2 Å². The number of carboxylic acids is 1. The molecule has 13 heteroatoms. The molecule has 29 heavy (non-hydrogen) atoms. The van der Waals surface area contributed by atoms with Gasteiger partial charge in [0.25, 0.3) is 0 Å². The van der Waals surface area contributed by atoms with E-state index in [4.69, 9.17) is 22.4 Å². The summed E-state index contributed by atoms with van der Waals surface area (Å²) in [6.07, 6.45) is 6.06. The van der Waals surface area contributed by atoms with Crippen LogP contribution in [0.1, 0.15) is 18.5 Å². The molecule has 0 aromatic carbocycles.